The maximum Gasteiger partial charge on any atom is 0.314 e. The Morgan fingerprint density at radius 1 is 0.933 bits per heavy atom. The number of carbonyl (C=O) groups excluding carboxylic acids is 1. The van der Waals surface area contributed by atoms with Gasteiger partial charge in [0, 0.05) is 11.8 Å². The summed E-state index contributed by atoms with van der Waals surface area (Å²) < 4.78 is 12.2. The monoisotopic (exact) mass is 630 g/mol. The topological polar surface area (TPSA) is 154 Å². The molecule has 0 aromatic heterocycles. The summed E-state index contributed by atoms with van der Waals surface area (Å²) >= 11 is 0. The Balaban J connectivity index is 1.34. The molecule has 1 saturated heterocycles. The number of aliphatic hydroxyl groups excluding tert-OH is 4. The van der Waals surface area contributed by atoms with Gasteiger partial charge < -0.3 is 35.0 Å². The van der Waals surface area contributed by atoms with Gasteiger partial charge in [0.2, 0.25) is 0 Å². The molecule has 0 bridgehead atoms. The van der Waals surface area contributed by atoms with Crippen LogP contribution in [0.2, 0.25) is 0 Å². The highest BCUT2D eigenvalue weighted by Gasteiger charge is 2.68. The zero-order valence-electron chi connectivity index (χ0n) is 28.0. The molecule has 0 radical (unpaired) electrons. The van der Waals surface area contributed by atoms with Crippen molar-refractivity contribution >= 4 is 11.8 Å². The number of Topliss-reactive ketones (excluding diaryl/α,β-unsaturated/α-hetero) is 1. The second-order valence-electron chi connectivity index (χ2n) is 17.3. The summed E-state index contributed by atoms with van der Waals surface area (Å²) in [6.45, 7) is 15.0. The number of ketones is 1. The van der Waals surface area contributed by atoms with Crippen molar-refractivity contribution in [3.8, 4) is 0 Å². The lowest BCUT2D eigenvalue weighted by Crippen LogP contribution is -2.65. The predicted molar refractivity (Wildman–Crippen MR) is 166 cm³/mol. The third kappa shape index (κ3) is 4.40. The van der Waals surface area contributed by atoms with Crippen LogP contribution < -0.4 is 0 Å². The first-order valence-corrected chi connectivity index (χ1v) is 17.0. The highest BCUT2D eigenvalue weighted by atomic mass is 16.7. The van der Waals surface area contributed by atoms with E-state index in [2.05, 4.69) is 46.8 Å². The van der Waals surface area contributed by atoms with E-state index in [9.17, 15) is 35.1 Å². The van der Waals surface area contributed by atoms with Crippen LogP contribution in [0.15, 0.2) is 23.3 Å². The van der Waals surface area contributed by atoms with Crippen molar-refractivity contribution in [3.63, 3.8) is 0 Å². The molecule has 12 atom stereocenters. The smallest absolute Gasteiger partial charge is 0.314 e. The third-order valence-electron chi connectivity index (χ3n) is 14.5. The lowest BCUT2D eigenvalue weighted by molar-refractivity contribution is -0.329. The summed E-state index contributed by atoms with van der Waals surface area (Å²) in [5.41, 5.74) is -0.282. The zero-order chi connectivity index (χ0) is 33.1. The minimum Gasteiger partial charge on any atom is -0.481 e. The number of aliphatic hydroxyl groups is 4. The Morgan fingerprint density at radius 2 is 1.62 bits per heavy atom. The number of fused-ring (bicyclic) bond motifs is 6. The first-order valence-electron chi connectivity index (χ1n) is 17.0. The summed E-state index contributed by atoms with van der Waals surface area (Å²) in [7, 11) is 0. The number of hydrogen-bond acceptors (Lipinski definition) is 8. The number of aliphatic carboxylic acids is 1. The number of ether oxygens (including phenoxy) is 2. The molecule has 5 aliphatic carbocycles. The summed E-state index contributed by atoms with van der Waals surface area (Å²) in [4.78, 5) is 26.0. The molecule has 252 valence electrons. The van der Waals surface area contributed by atoms with Gasteiger partial charge in [0.1, 0.15) is 30.2 Å². The van der Waals surface area contributed by atoms with Crippen LogP contribution in [0.1, 0.15) is 99.8 Å². The third-order valence-corrected chi connectivity index (χ3v) is 14.5. The molecule has 6 rings (SSSR count). The Bertz CT molecular complexity index is 1320. The highest BCUT2D eigenvalue weighted by Crippen LogP contribution is 2.74. The maximum absolute atomic E-state index is 13.1. The summed E-state index contributed by atoms with van der Waals surface area (Å²) in [6.07, 6.45) is 3.13. The van der Waals surface area contributed by atoms with Crippen LogP contribution in [-0.4, -0.2) is 80.7 Å². The molecule has 9 heteroatoms. The van der Waals surface area contributed by atoms with Crippen molar-refractivity contribution in [2.45, 2.75) is 137 Å². The van der Waals surface area contributed by atoms with Crippen LogP contribution in [-0.2, 0) is 19.1 Å². The highest BCUT2D eigenvalue weighted by molar-refractivity contribution is 5.94. The molecule has 1 aliphatic heterocycles. The fourth-order valence-electron chi connectivity index (χ4n) is 11.3. The number of carboxylic acids is 1. The molecule has 4 fully saturated rings. The standard InChI is InChI=1S/C36H54O9/c1-31(2)16-20-19-8-9-23-33(5)12-11-25(45-29-28(41)27(40)26(39)21(18-37)44-29)32(3,4)22(33)10-13-35(23,7)34(19,6)14-15-36(20,30(42)43)17-24(31)38/h8-9,21-23,25-29,37,39-41H,10-18H2,1-7H3,(H,42,43)/t21-,22+,23-,25+,26-,27+,28-,29+,33+,34-,35-,36-/m1/s1. The van der Waals surface area contributed by atoms with Crippen molar-refractivity contribution in [3.05, 3.63) is 23.3 Å². The van der Waals surface area contributed by atoms with Crippen molar-refractivity contribution in [2.75, 3.05) is 6.61 Å². The van der Waals surface area contributed by atoms with Crippen LogP contribution in [0, 0.1) is 44.3 Å². The maximum atomic E-state index is 13.1. The predicted octanol–water partition coefficient (Wildman–Crippen LogP) is 4.16. The summed E-state index contributed by atoms with van der Waals surface area (Å²) in [5, 5.41) is 51.6. The second-order valence-corrected chi connectivity index (χ2v) is 17.3. The number of allylic oxidation sites excluding steroid dienone is 3. The van der Waals surface area contributed by atoms with E-state index in [4.69, 9.17) is 9.47 Å². The van der Waals surface area contributed by atoms with Gasteiger partial charge in [-0.05, 0) is 89.6 Å². The molecule has 5 N–H and O–H groups in total. The number of rotatable bonds is 4. The van der Waals surface area contributed by atoms with Gasteiger partial charge in [0.25, 0.3) is 0 Å². The van der Waals surface area contributed by atoms with Gasteiger partial charge in [0.05, 0.1) is 18.1 Å². The lowest BCUT2D eigenvalue weighted by atomic mass is 9.35. The van der Waals surface area contributed by atoms with Crippen molar-refractivity contribution in [1.29, 1.82) is 0 Å². The molecule has 0 aromatic carbocycles. The fourth-order valence-corrected chi connectivity index (χ4v) is 11.3. The molecule has 0 aromatic rings. The Hall–Kier alpha value is -1.62. The second kappa shape index (κ2) is 10.4. The molecular formula is C36H54O9. The average Bonchev–Trinajstić information content (AvgIpc) is 2.95. The normalized spacial score (nSPS) is 50.2. The molecule has 3 saturated carbocycles. The quantitative estimate of drug-likeness (QED) is 0.288. The fraction of sp³-hybridized carbons (Fsp3) is 0.833. The van der Waals surface area contributed by atoms with E-state index in [-0.39, 0.29) is 51.8 Å². The minimum absolute atomic E-state index is 0.0414. The van der Waals surface area contributed by atoms with E-state index >= 15 is 0 Å². The van der Waals surface area contributed by atoms with Crippen molar-refractivity contribution in [2.24, 2.45) is 44.3 Å². The number of carbonyl (C=O) groups is 2. The van der Waals surface area contributed by atoms with Crippen LogP contribution in [0.25, 0.3) is 0 Å². The van der Waals surface area contributed by atoms with Gasteiger partial charge in [-0.3, -0.25) is 9.59 Å². The van der Waals surface area contributed by atoms with Crippen molar-refractivity contribution in [1.82, 2.24) is 0 Å². The SMILES string of the molecule is CC1(C)CC2=C3C=C[C@@H]4[C@@]5(C)CC[C@H](O[C@@H]6O[C@H](CO)[C@@H](O)[C@H](O)[C@H]6O)C(C)(C)[C@@H]5CC[C@@]4(C)[C@]3(C)CC[C@@]2(C(=O)O)CC1=O. The van der Waals surface area contributed by atoms with E-state index in [1.165, 1.54) is 0 Å². The minimum atomic E-state index is -1.48. The number of hydrogen-bond donors (Lipinski definition) is 5. The first kappa shape index (κ1) is 33.3. The van der Waals surface area contributed by atoms with E-state index < -0.39 is 54.1 Å². The molecule has 1 heterocycles. The van der Waals surface area contributed by atoms with E-state index in [0.717, 1.165) is 43.3 Å². The van der Waals surface area contributed by atoms with Crippen LogP contribution >= 0.6 is 0 Å². The summed E-state index contributed by atoms with van der Waals surface area (Å²) in [6, 6.07) is 0. The molecule has 6 aliphatic rings. The van der Waals surface area contributed by atoms with Gasteiger partial charge in [-0.25, -0.2) is 0 Å². The largest absolute Gasteiger partial charge is 0.481 e. The molecular weight excluding hydrogens is 576 g/mol. The van der Waals surface area contributed by atoms with E-state index in [0.29, 0.717) is 12.8 Å². The Kier molecular flexibility index (Phi) is 7.72. The number of carboxylic acid groups (broad SMARTS) is 1. The van der Waals surface area contributed by atoms with Gasteiger partial charge >= 0.3 is 5.97 Å². The molecule has 45 heavy (non-hydrogen) atoms. The molecule has 0 spiro atoms. The zero-order valence-corrected chi connectivity index (χ0v) is 28.0. The lowest BCUT2D eigenvalue weighted by Gasteiger charge is -2.69. The molecule has 0 unspecified atom stereocenters. The Morgan fingerprint density at radius 3 is 2.27 bits per heavy atom. The average molecular weight is 631 g/mol. The van der Waals surface area contributed by atoms with Crippen LogP contribution in [0.3, 0.4) is 0 Å². The van der Waals surface area contributed by atoms with Crippen LogP contribution in [0.4, 0.5) is 0 Å². The molecule has 9 nitrogen and oxygen atoms in total. The van der Waals surface area contributed by atoms with Gasteiger partial charge in [0.15, 0.2) is 6.29 Å². The van der Waals surface area contributed by atoms with Crippen LogP contribution in [0.5, 0.6) is 0 Å². The van der Waals surface area contributed by atoms with E-state index in [1.54, 1.807) is 0 Å². The van der Waals surface area contributed by atoms with Gasteiger partial charge in [-0.1, -0.05) is 60.6 Å². The first-order chi connectivity index (χ1) is 20.8. The summed E-state index contributed by atoms with van der Waals surface area (Å²) in [5.74, 6) is -0.297. The van der Waals surface area contributed by atoms with Gasteiger partial charge in [-0.15, -0.1) is 0 Å². The van der Waals surface area contributed by atoms with Crippen molar-refractivity contribution < 1.29 is 44.6 Å². The van der Waals surface area contributed by atoms with Gasteiger partial charge in [-0.2, -0.15) is 0 Å². The molecule has 0 amide bonds. The Labute approximate surface area is 267 Å². The van der Waals surface area contributed by atoms with E-state index in [1.807, 2.05) is 13.8 Å².